The molecule has 2 nitrogen and oxygen atoms in total. The Morgan fingerprint density at radius 1 is 1.45 bits per heavy atom. The van der Waals surface area contributed by atoms with E-state index in [0.717, 1.165) is 18.6 Å². The first-order valence-corrected chi connectivity index (χ1v) is 2.78. The normalized spacial score (nSPS) is 14.9. The molecule has 0 saturated carbocycles. The summed E-state index contributed by atoms with van der Waals surface area (Å²) in [5.41, 5.74) is -0.280. The van der Waals surface area contributed by atoms with Gasteiger partial charge in [0.2, 0.25) is 0 Å². The van der Waals surface area contributed by atoms with Crippen LogP contribution in [-0.2, 0) is 0 Å². The van der Waals surface area contributed by atoms with Crippen LogP contribution in [0.25, 0.3) is 0 Å². The zero-order valence-corrected chi connectivity index (χ0v) is 5.30. The topological polar surface area (TPSA) is 33.4 Å². The van der Waals surface area contributed by atoms with Gasteiger partial charge in [-0.1, -0.05) is 0 Å². The van der Waals surface area contributed by atoms with Gasteiger partial charge in [-0.05, 0) is 6.07 Å². The Balaban J connectivity index is 2.78. The van der Waals surface area contributed by atoms with E-state index in [1.54, 1.807) is 0 Å². The first-order chi connectivity index (χ1) is 5.02. The van der Waals surface area contributed by atoms with E-state index >= 15 is 0 Å². The fourth-order valence-electron chi connectivity index (χ4n) is 0.620. The minimum atomic E-state index is -4.62. The molecule has 62 valence electrons. The average Bonchev–Trinajstić information content (AvgIpc) is 2.34. The van der Waals surface area contributed by atoms with Crippen LogP contribution in [-0.4, -0.2) is 11.3 Å². The van der Waals surface area contributed by atoms with Gasteiger partial charge >= 0.3 is 6.18 Å². The van der Waals surface area contributed by atoms with Crippen molar-refractivity contribution in [1.82, 2.24) is 0 Å². The summed E-state index contributed by atoms with van der Waals surface area (Å²) in [5, 5.41) is 8.56. The van der Waals surface area contributed by atoms with E-state index in [-0.39, 0.29) is 5.56 Å². The number of aliphatic hydroxyl groups excluding tert-OH is 1. The van der Waals surface area contributed by atoms with E-state index in [0.29, 0.717) is 0 Å². The summed E-state index contributed by atoms with van der Waals surface area (Å²) in [6.07, 6.45) is -5.13. The fourth-order valence-corrected chi connectivity index (χ4v) is 0.620. The minimum Gasteiger partial charge on any atom is -0.472 e. The molecule has 0 fully saturated rings. The number of rotatable bonds is 1. The van der Waals surface area contributed by atoms with Gasteiger partial charge in [0.15, 0.2) is 6.10 Å². The molecule has 0 aliphatic carbocycles. The maximum Gasteiger partial charge on any atom is 0.418 e. The van der Waals surface area contributed by atoms with E-state index in [4.69, 9.17) is 5.11 Å². The van der Waals surface area contributed by atoms with Crippen LogP contribution in [0.4, 0.5) is 13.2 Å². The fraction of sp³-hybridized carbons (Fsp3) is 0.333. The van der Waals surface area contributed by atoms with Crippen molar-refractivity contribution in [1.29, 1.82) is 0 Å². The van der Waals surface area contributed by atoms with Crippen LogP contribution in [0.3, 0.4) is 0 Å². The van der Waals surface area contributed by atoms with E-state index in [1.807, 2.05) is 0 Å². The number of furan rings is 1. The highest BCUT2D eigenvalue weighted by atomic mass is 19.4. The van der Waals surface area contributed by atoms with Crippen LogP contribution >= 0.6 is 0 Å². The predicted molar refractivity (Wildman–Crippen MR) is 29.7 cm³/mol. The summed E-state index contributed by atoms with van der Waals surface area (Å²) in [7, 11) is 0. The molecule has 5 heteroatoms. The van der Waals surface area contributed by atoms with Crippen molar-refractivity contribution in [2.24, 2.45) is 0 Å². The van der Waals surface area contributed by atoms with Crippen molar-refractivity contribution in [2.45, 2.75) is 12.3 Å². The molecule has 1 aromatic rings. The predicted octanol–water partition coefficient (Wildman–Crippen LogP) is 1.88. The lowest BCUT2D eigenvalue weighted by molar-refractivity contribution is -0.206. The van der Waals surface area contributed by atoms with Crippen molar-refractivity contribution in [3.63, 3.8) is 0 Å². The van der Waals surface area contributed by atoms with Crippen LogP contribution in [0.15, 0.2) is 23.0 Å². The highest BCUT2D eigenvalue weighted by molar-refractivity contribution is 5.10. The molecule has 1 heterocycles. The number of alkyl halides is 3. The van der Waals surface area contributed by atoms with Gasteiger partial charge in [0, 0.05) is 5.56 Å². The molecule has 0 aliphatic rings. The summed E-state index contributed by atoms with van der Waals surface area (Å²) in [6, 6.07) is 1.07. The smallest absolute Gasteiger partial charge is 0.418 e. The lowest BCUT2D eigenvalue weighted by Gasteiger charge is -2.11. The Bertz CT molecular complexity index is 214. The summed E-state index contributed by atoms with van der Waals surface area (Å²) < 4.78 is 39.5. The molecular formula is C6H5F3O2. The van der Waals surface area contributed by atoms with Crippen molar-refractivity contribution >= 4 is 0 Å². The third-order valence-electron chi connectivity index (χ3n) is 1.17. The molecular weight excluding hydrogens is 161 g/mol. The van der Waals surface area contributed by atoms with Gasteiger partial charge < -0.3 is 9.52 Å². The Morgan fingerprint density at radius 3 is 2.45 bits per heavy atom. The van der Waals surface area contributed by atoms with Crippen LogP contribution < -0.4 is 0 Å². The maximum absolute atomic E-state index is 11.7. The van der Waals surface area contributed by atoms with Crippen molar-refractivity contribution in [3.8, 4) is 0 Å². The van der Waals surface area contributed by atoms with Gasteiger partial charge in [-0.25, -0.2) is 0 Å². The zero-order valence-electron chi connectivity index (χ0n) is 5.30. The molecule has 0 unspecified atom stereocenters. The number of hydrogen-bond donors (Lipinski definition) is 1. The molecule has 0 amide bonds. The van der Waals surface area contributed by atoms with Crippen molar-refractivity contribution in [3.05, 3.63) is 24.2 Å². The molecule has 0 aromatic carbocycles. The summed E-state index contributed by atoms with van der Waals surface area (Å²) >= 11 is 0. The Labute approximate surface area is 60.2 Å². The standard InChI is InChI=1S/C6H5F3O2/c7-6(8,9)5(10)4-1-2-11-3-4/h1-3,5,10H/t5-/m1/s1. The Morgan fingerprint density at radius 2 is 2.09 bits per heavy atom. The molecule has 0 saturated heterocycles. The first kappa shape index (κ1) is 8.13. The number of halogens is 3. The SMILES string of the molecule is O[C@H](c1ccoc1)C(F)(F)F. The van der Waals surface area contributed by atoms with Gasteiger partial charge in [0.05, 0.1) is 12.5 Å². The molecule has 0 spiro atoms. The van der Waals surface area contributed by atoms with E-state index in [2.05, 4.69) is 4.42 Å². The second-order valence-electron chi connectivity index (χ2n) is 2.00. The molecule has 11 heavy (non-hydrogen) atoms. The first-order valence-electron chi connectivity index (χ1n) is 2.78. The summed E-state index contributed by atoms with van der Waals surface area (Å²) in [6.45, 7) is 0. The van der Waals surface area contributed by atoms with Crippen molar-refractivity contribution < 1.29 is 22.7 Å². The Hall–Kier alpha value is -0.970. The highest BCUT2D eigenvalue weighted by Crippen LogP contribution is 2.32. The second kappa shape index (κ2) is 2.58. The van der Waals surface area contributed by atoms with Gasteiger partial charge in [0.25, 0.3) is 0 Å². The van der Waals surface area contributed by atoms with Crippen LogP contribution in [0.1, 0.15) is 11.7 Å². The highest BCUT2D eigenvalue weighted by Gasteiger charge is 2.39. The maximum atomic E-state index is 11.7. The van der Waals surface area contributed by atoms with Crippen molar-refractivity contribution in [2.75, 3.05) is 0 Å². The van der Waals surface area contributed by atoms with Crippen LogP contribution in [0, 0.1) is 0 Å². The van der Waals surface area contributed by atoms with E-state index in [1.165, 1.54) is 0 Å². The minimum absolute atomic E-state index is 0.280. The molecule has 1 rings (SSSR count). The molecule has 1 aromatic heterocycles. The van der Waals surface area contributed by atoms with E-state index in [9.17, 15) is 13.2 Å². The third-order valence-corrected chi connectivity index (χ3v) is 1.17. The second-order valence-corrected chi connectivity index (χ2v) is 2.00. The lowest BCUT2D eigenvalue weighted by Crippen LogP contribution is -2.19. The molecule has 0 radical (unpaired) electrons. The molecule has 0 bridgehead atoms. The molecule has 1 atom stereocenters. The summed E-state index contributed by atoms with van der Waals surface area (Å²) in [5.74, 6) is 0. The van der Waals surface area contributed by atoms with Crippen LogP contribution in [0.5, 0.6) is 0 Å². The zero-order chi connectivity index (χ0) is 8.48. The molecule has 0 aliphatic heterocycles. The van der Waals surface area contributed by atoms with Crippen LogP contribution in [0.2, 0.25) is 0 Å². The number of hydrogen-bond acceptors (Lipinski definition) is 2. The monoisotopic (exact) mass is 166 g/mol. The largest absolute Gasteiger partial charge is 0.472 e. The Kier molecular flexibility index (Phi) is 1.90. The van der Waals surface area contributed by atoms with Gasteiger partial charge in [-0.3, -0.25) is 0 Å². The lowest BCUT2D eigenvalue weighted by atomic mass is 10.2. The number of aliphatic hydroxyl groups is 1. The van der Waals surface area contributed by atoms with Gasteiger partial charge in [-0.2, -0.15) is 13.2 Å². The van der Waals surface area contributed by atoms with E-state index < -0.39 is 12.3 Å². The quantitative estimate of drug-likeness (QED) is 0.690. The average molecular weight is 166 g/mol. The summed E-state index contributed by atoms with van der Waals surface area (Å²) in [4.78, 5) is 0. The van der Waals surface area contributed by atoms with Gasteiger partial charge in [-0.15, -0.1) is 0 Å². The molecule has 1 N–H and O–H groups in total. The van der Waals surface area contributed by atoms with Gasteiger partial charge in [0.1, 0.15) is 0 Å². The third kappa shape index (κ3) is 1.74.